The average Bonchev–Trinajstić information content (AvgIpc) is 2.44. The van der Waals surface area contributed by atoms with Gasteiger partial charge in [-0.3, -0.25) is 0 Å². The minimum Gasteiger partial charge on any atom is -0.466 e. The highest BCUT2D eigenvalue weighted by molar-refractivity contribution is 6.81. The molecule has 1 rings (SSSR count). The summed E-state index contributed by atoms with van der Waals surface area (Å²) in [7, 11) is 0.0126. The molecular weight excluding hydrogens is 280 g/mol. The Morgan fingerprint density at radius 3 is 2.43 bits per heavy atom. The molecule has 0 aliphatic carbocycles. The van der Waals surface area contributed by atoms with Gasteiger partial charge in [0.1, 0.15) is 0 Å². The summed E-state index contributed by atoms with van der Waals surface area (Å²) in [6.45, 7) is 7.90. The SMILES string of the molecule is COC(=O)/C(=C\[Si](C)(C)C)CCCOCc1ccccc1. The molecule has 21 heavy (non-hydrogen) atoms. The standard InChI is InChI=1S/C17H26O3Si/c1-19-17(18)16(14-21(2,3)4)11-8-12-20-13-15-9-6-5-7-10-15/h5-7,9-10,14H,8,11-13H2,1-4H3/b16-14-. The molecule has 0 N–H and O–H groups in total. The second kappa shape index (κ2) is 8.80. The summed E-state index contributed by atoms with van der Waals surface area (Å²) < 4.78 is 10.5. The molecule has 116 valence electrons. The van der Waals surface area contributed by atoms with Gasteiger partial charge in [-0.15, -0.1) is 0 Å². The molecule has 1 aromatic carbocycles. The van der Waals surface area contributed by atoms with E-state index < -0.39 is 8.07 Å². The van der Waals surface area contributed by atoms with Crippen LogP contribution in [0, 0.1) is 0 Å². The Morgan fingerprint density at radius 1 is 1.19 bits per heavy atom. The number of methoxy groups -OCH3 is 1. The van der Waals surface area contributed by atoms with E-state index in [2.05, 4.69) is 25.3 Å². The van der Waals surface area contributed by atoms with Crippen molar-refractivity contribution in [2.24, 2.45) is 0 Å². The van der Waals surface area contributed by atoms with Gasteiger partial charge < -0.3 is 9.47 Å². The third kappa shape index (κ3) is 7.83. The molecule has 0 aliphatic heterocycles. The summed E-state index contributed by atoms with van der Waals surface area (Å²) >= 11 is 0. The quantitative estimate of drug-likeness (QED) is 0.316. The van der Waals surface area contributed by atoms with Gasteiger partial charge in [0.25, 0.3) is 0 Å². The van der Waals surface area contributed by atoms with Crippen LogP contribution >= 0.6 is 0 Å². The minimum absolute atomic E-state index is 0.208. The van der Waals surface area contributed by atoms with E-state index in [0.29, 0.717) is 19.6 Å². The molecule has 0 bridgehead atoms. The lowest BCUT2D eigenvalue weighted by Gasteiger charge is -2.13. The van der Waals surface area contributed by atoms with Crippen LogP contribution < -0.4 is 0 Å². The third-order valence-corrected chi connectivity index (χ3v) is 4.12. The summed E-state index contributed by atoms with van der Waals surface area (Å²) in [6.07, 6.45) is 1.55. The number of hydrogen-bond acceptors (Lipinski definition) is 3. The number of hydrogen-bond donors (Lipinski definition) is 0. The van der Waals surface area contributed by atoms with Crippen molar-refractivity contribution in [1.29, 1.82) is 0 Å². The van der Waals surface area contributed by atoms with Gasteiger partial charge in [0, 0.05) is 12.2 Å². The molecule has 0 spiro atoms. The Bertz CT molecular complexity index is 461. The van der Waals surface area contributed by atoms with Gasteiger partial charge in [0.15, 0.2) is 0 Å². The van der Waals surface area contributed by atoms with E-state index in [1.54, 1.807) is 0 Å². The van der Waals surface area contributed by atoms with E-state index in [1.807, 2.05) is 30.3 Å². The van der Waals surface area contributed by atoms with Crippen molar-refractivity contribution in [2.75, 3.05) is 13.7 Å². The van der Waals surface area contributed by atoms with Crippen LogP contribution in [0.15, 0.2) is 41.6 Å². The minimum atomic E-state index is -1.42. The van der Waals surface area contributed by atoms with Crippen molar-refractivity contribution in [3.63, 3.8) is 0 Å². The van der Waals surface area contributed by atoms with E-state index in [4.69, 9.17) is 9.47 Å². The number of esters is 1. The van der Waals surface area contributed by atoms with Crippen molar-refractivity contribution in [1.82, 2.24) is 0 Å². The number of rotatable bonds is 8. The maximum atomic E-state index is 11.8. The van der Waals surface area contributed by atoms with Gasteiger partial charge >= 0.3 is 5.97 Å². The number of ether oxygens (including phenoxy) is 2. The Kier molecular flexibility index (Phi) is 7.40. The molecule has 0 aromatic heterocycles. The van der Waals surface area contributed by atoms with Crippen LogP contribution in [0.4, 0.5) is 0 Å². The zero-order chi connectivity index (χ0) is 15.7. The van der Waals surface area contributed by atoms with Crippen molar-refractivity contribution >= 4 is 14.0 Å². The fourth-order valence-electron chi connectivity index (χ4n) is 2.02. The fourth-order valence-corrected chi connectivity index (χ4v) is 3.32. The van der Waals surface area contributed by atoms with Crippen LogP contribution in [0.25, 0.3) is 0 Å². The Hall–Kier alpha value is -1.39. The Labute approximate surface area is 129 Å². The molecule has 0 fully saturated rings. The summed E-state index contributed by atoms with van der Waals surface area (Å²) in [5, 5.41) is 0. The maximum Gasteiger partial charge on any atom is 0.333 e. The van der Waals surface area contributed by atoms with E-state index in [0.717, 1.165) is 12.0 Å². The topological polar surface area (TPSA) is 35.5 Å². The first-order valence-electron chi connectivity index (χ1n) is 7.34. The average molecular weight is 306 g/mol. The molecule has 0 saturated heterocycles. The Balaban J connectivity index is 2.37. The van der Waals surface area contributed by atoms with Crippen LogP contribution in [0.3, 0.4) is 0 Å². The second-order valence-electron chi connectivity index (χ2n) is 6.17. The number of carbonyl (C=O) groups excluding carboxylic acids is 1. The summed E-state index contributed by atoms with van der Waals surface area (Å²) in [4.78, 5) is 11.8. The van der Waals surface area contributed by atoms with Crippen molar-refractivity contribution < 1.29 is 14.3 Å². The largest absolute Gasteiger partial charge is 0.466 e. The predicted molar refractivity (Wildman–Crippen MR) is 88.8 cm³/mol. The molecule has 4 heteroatoms. The van der Waals surface area contributed by atoms with Gasteiger partial charge in [0.05, 0.1) is 21.8 Å². The first-order chi connectivity index (χ1) is 9.92. The van der Waals surface area contributed by atoms with Crippen molar-refractivity contribution in [2.45, 2.75) is 39.1 Å². The normalized spacial score (nSPS) is 12.3. The number of carbonyl (C=O) groups is 1. The molecular formula is C17H26O3Si. The van der Waals surface area contributed by atoms with Crippen LogP contribution in [-0.2, 0) is 20.9 Å². The smallest absolute Gasteiger partial charge is 0.333 e. The molecule has 0 saturated carbocycles. The van der Waals surface area contributed by atoms with Gasteiger partial charge in [-0.1, -0.05) is 55.7 Å². The lowest BCUT2D eigenvalue weighted by atomic mass is 10.2. The van der Waals surface area contributed by atoms with Gasteiger partial charge in [-0.25, -0.2) is 4.79 Å². The molecule has 0 unspecified atom stereocenters. The first-order valence-corrected chi connectivity index (χ1v) is 10.9. The third-order valence-electron chi connectivity index (χ3n) is 2.90. The van der Waals surface area contributed by atoms with E-state index in [1.165, 1.54) is 12.7 Å². The Morgan fingerprint density at radius 2 is 1.86 bits per heavy atom. The van der Waals surface area contributed by atoms with Gasteiger partial charge in [-0.05, 0) is 18.4 Å². The molecule has 3 nitrogen and oxygen atoms in total. The highest BCUT2D eigenvalue weighted by Crippen LogP contribution is 2.14. The van der Waals surface area contributed by atoms with Gasteiger partial charge in [-0.2, -0.15) is 0 Å². The van der Waals surface area contributed by atoms with Crippen molar-refractivity contribution in [3.05, 3.63) is 47.2 Å². The summed E-state index contributed by atoms with van der Waals surface area (Å²) in [5.74, 6) is -0.208. The van der Waals surface area contributed by atoms with E-state index in [9.17, 15) is 4.79 Å². The maximum absolute atomic E-state index is 11.8. The van der Waals surface area contributed by atoms with Gasteiger partial charge in [0.2, 0.25) is 0 Å². The first kappa shape index (κ1) is 17.7. The zero-order valence-corrected chi connectivity index (χ0v) is 14.5. The highest BCUT2D eigenvalue weighted by Gasteiger charge is 2.16. The molecule has 1 aromatic rings. The van der Waals surface area contributed by atoms with Crippen LogP contribution in [0.2, 0.25) is 19.6 Å². The van der Waals surface area contributed by atoms with Crippen LogP contribution in [-0.4, -0.2) is 27.8 Å². The molecule has 0 atom stereocenters. The highest BCUT2D eigenvalue weighted by atomic mass is 28.3. The fraction of sp³-hybridized carbons (Fsp3) is 0.471. The zero-order valence-electron chi connectivity index (χ0n) is 13.5. The molecule has 0 radical (unpaired) electrons. The summed E-state index contributed by atoms with van der Waals surface area (Å²) in [6, 6.07) is 10.1. The predicted octanol–water partition coefficient (Wildman–Crippen LogP) is 3.96. The van der Waals surface area contributed by atoms with Crippen LogP contribution in [0.5, 0.6) is 0 Å². The number of benzene rings is 1. The molecule has 0 amide bonds. The van der Waals surface area contributed by atoms with Crippen LogP contribution in [0.1, 0.15) is 18.4 Å². The lowest BCUT2D eigenvalue weighted by Crippen LogP contribution is -2.20. The van der Waals surface area contributed by atoms with Crippen molar-refractivity contribution in [3.8, 4) is 0 Å². The second-order valence-corrected chi connectivity index (χ2v) is 11.2. The monoisotopic (exact) mass is 306 g/mol. The lowest BCUT2D eigenvalue weighted by molar-refractivity contribution is -0.136. The van der Waals surface area contributed by atoms with E-state index in [-0.39, 0.29) is 5.97 Å². The molecule has 0 heterocycles. The van der Waals surface area contributed by atoms with E-state index >= 15 is 0 Å². The molecule has 0 aliphatic rings. The summed E-state index contributed by atoms with van der Waals surface area (Å²) in [5.41, 5.74) is 4.08.